The Morgan fingerprint density at radius 2 is 1.58 bits per heavy atom. The number of hydrogen-bond acceptors (Lipinski definition) is 1. The van der Waals surface area contributed by atoms with E-state index in [1.807, 2.05) is 62.9 Å². The summed E-state index contributed by atoms with van der Waals surface area (Å²) in [6.07, 6.45) is 0. The second-order valence-corrected chi connectivity index (χ2v) is 6.60. The van der Waals surface area contributed by atoms with Crippen LogP contribution in [0.5, 0.6) is 0 Å². The number of alkyl halides is 2. The highest BCUT2D eigenvalue weighted by atomic mass is 79.9. The van der Waals surface area contributed by atoms with E-state index in [1.165, 1.54) is 0 Å². The van der Waals surface area contributed by atoms with E-state index >= 15 is 0 Å². The van der Waals surface area contributed by atoms with Crippen molar-refractivity contribution in [3.63, 3.8) is 0 Å². The number of nitrogens with zero attached hydrogens (tertiary/aromatic N) is 1. The van der Waals surface area contributed by atoms with Crippen LogP contribution in [0.3, 0.4) is 0 Å². The van der Waals surface area contributed by atoms with E-state index in [1.54, 1.807) is 0 Å². The van der Waals surface area contributed by atoms with E-state index in [4.69, 9.17) is 11.6 Å². The first-order valence-electron chi connectivity index (χ1n) is 6.51. The molecule has 0 unspecified atom stereocenters. The SMILES string of the molecule is CC(C)N(C(=O)[C@@H](Cl)[C@@H](Br)c1ccccc1)C(C)C. The smallest absolute Gasteiger partial charge is 0.242 e. The van der Waals surface area contributed by atoms with Crippen molar-refractivity contribution in [3.8, 4) is 0 Å². The van der Waals surface area contributed by atoms with Gasteiger partial charge in [-0.05, 0) is 33.3 Å². The van der Waals surface area contributed by atoms with Crippen molar-refractivity contribution in [1.82, 2.24) is 4.90 Å². The number of rotatable bonds is 5. The molecule has 0 fully saturated rings. The summed E-state index contributed by atoms with van der Waals surface area (Å²) >= 11 is 9.90. The molecule has 19 heavy (non-hydrogen) atoms. The lowest BCUT2D eigenvalue weighted by molar-refractivity contribution is -0.134. The number of carbonyl (C=O) groups is 1. The highest BCUT2D eigenvalue weighted by Gasteiger charge is 2.31. The van der Waals surface area contributed by atoms with Crippen molar-refractivity contribution >= 4 is 33.4 Å². The van der Waals surface area contributed by atoms with E-state index in [9.17, 15) is 4.79 Å². The van der Waals surface area contributed by atoms with Crippen LogP contribution in [0, 0.1) is 0 Å². The molecular weight excluding hydrogens is 326 g/mol. The molecule has 0 aliphatic heterocycles. The zero-order valence-electron chi connectivity index (χ0n) is 11.8. The van der Waals surface area contributed by atoms with Crippen LogP contribution in [-0.2, 0) is 4.79 Å². The fourth-order valence-electron chi connectivity index (χ4n) is 2.18. The normalized spacial score (nSPS) is 14.5. The standard InChI is InChI=1S/C15H21BrClNO/c1-10(2)18(11(3)4)15(19)14(17)13(16)12-8-6-5-7-9-12/h5-11,13-14H,1-4H3/t13-,14-/m0/s1. The number of amides is 1. The Hall–Kier alpha value is -0.540. The molecule has 0 aliphatic rings. The van der Waals surface area contributed by atoms with E-state index < -0.39 is 5.38 Å². The number of carbonyl (C=O) groups excluding carboxylic acids is 1. The third-order valence-corrected chi connectivity index (χ3v) is 4.78. The maximum atomic E-state index is 12.5. The minimum atomic E-state index is -0.604. The lowest BCUT2D eigenvalue weighted by Gasteiger charge is -2.33. The molecule has 0 spiro atoms. The van der Waals surface area contributed by atoms with Crippen LogP contribution in [-0.4, -0.2) is 28.3 Å². The Bertz CT molecular complexity index is 400. The van der Waals surface area contributed by atoms with E-state index in [0.29, 0.717) is 0 Å². The van der Waals surface area contributed by atoms with Crippen LogP contribution in [0.4, 0.5) is 0 Å². The molecule has 1 aromatic rings. The highest BCUT2D eigenvalue weighted by Crippen LogP contribution is 2.31. The minimum Gasteiger partial charge on any atom is -0.337 e. The summed E-state index contributed by atoms with van der Waals surface area (Å²) in [6, 6.07) is 10.1. The first-order chi connectivity index (χ1) is 8.86. The molecule has 4 heteroatoms. The zero-order chi connectivity index (χ0) is 14.6. The molecule has 1 amide bonds. The predicted molar refractivity (Wildman–Crippen MR) is 84.9 cm³/mol. The summed E-state index contributed by atoms with van der Waals surface area (Å²) in [7, 11) is 0. The average molecular weight is 347 g/mol. The van der Waals surface area contributed by atoms with Gasteiger partial charge < -0.3 is 4.90 Å². The van der Waals surface area contributed by atoms with Crippen molar-refractivity contribution in [1.29, 1.82) is 0 Å². The van der Waals surface area contributed by atoms with Gasteiger partial charge in [-0.3, -0.25) is 4.79 Å². The minimum absolute atomic E-state index is 0.0302. The zero-order valence-corrected chi connectivity index (χ0v) is 14.1. The highest BCUT2D eigenvalue weighted by molar-refractivity contribution is 9.09. The molecule has 0 bridgehead atoms. The molecule has 106 valence electrons. The van der Waals surface area contributed by atoms with Gasteiger partial charge in [0.25, 0.3) is 0 Å². The van der Waals surface area contributed by atoms with Gasteiger partial charge in [0.1, 0.15) is 5.38 Å². The lowest BCUT2D eigenvalue weighted by atomic mass is 10.1. The fraction of sp³-hybridized carbons (Fsp3) is 0.533. The number of hydrogen-bond donors (Lipinski definition) is 0. The van der Waals surface area contributed by atoms with Gasteiger partial charge in [0.2, 0.25) is 5.91 Å². The number of halogens is 2. The molecule has 0 saturated carbocycles. The number of benzene rings is 1. The molecule has 0 radical (unpaired) electrons. The van der Waals surface area contributed by atoms with Crippen LogP contribution in [0.1, 0.15) is 38.1 Å². The van der Waals surface area contributed by atoms with Gasteiger partial charge in [0.15, 0.2) is 0 Å². The Morgan fingerprint density at radius 1 is 1.11 bits per heavy atom. The van der Waals surface area contributed by atoms with Crippen LogP contribution >= 0.6 is 27.5 Å². The van der Waals surface area contributed by atoms with Gasteiger partial charge in [-0.2, -0.15) is 0 Å². The van der Waals surface area contributed by atoms with Crippen LogP contribution in [0.2, 0.25) is 0 Å². The Balaban J connectivity index is 2.87. The van der Waals surface area contributed by atoms with Crippen molar-refractivity contribution in [2.75, 3.05) is 0 Å². The maximum absolute atomic E-state index is 12.5. The van der Waals surface area contributed by atoms with Crippen LogP contribution in [0.25, 0.3) is 0 Å². The summed E-state index contributed by atoms with van der Waals surface area (Å²) in [6.45, 7) is 8.03. The predicted octanol–water partition coefficient (Wildman–Crippen LogP) is 4.38. The molecule has 0 N–H and O–H groups in total. The molecule has 1 aromatic carbocycles. The summed E-state index contributed by atoms with van der Waals surface area (Å²) in [5, 5.41) is -0.604. The van der Waals surface area contributed by atoms with Gasteiger partial charge in [0.05, 0.1) is 4.83 Å². The maximum Gasteiger partial charge on any atom is 0.242 e. The molecule has 0 heterocycles. The van der Waals surface area contributed by atoms with E-state index in [2.05, 4.69) is 15.9 Å². The third-order valence-electron chi connectivity index (χ3n) is 2.98. The van der Waals surface area contributed by atoms with Crippen LogP contribution < -0.4 is 0 Å². The van der Waals surface area contributed by atoms with E-state index in [0.717, 1.165) is 5.56 Å². The fourth-order valence-corrected chi connectivity index (χ4v) is 2.97. The van der Waals surface area contributed by atoms with Crippen molar-refractivity contribution < 1.29 is 4.79 Å². The van der Waals surface area contributed by atoms with Gasteiger partial charge in [-0.1, -0.05) is 46.3 Å². The van der Waals surface area contributed by atoms with E-state index in [-0.39, 0.29) is 22.8 Å². The van der Waals surface area contributed by atoms with Crippen LogP contribution in [0.15, 0.2) is 30.3 Å². The van der Waals surface area contributed by atoms with Crippen molar-refractivity contribution in [2.45, 2.75) is 50.0 Å². The first-order valence-corrected chi connectivity index (χ1v) is 7.86. The van der Waals surface area contributed by atoms with Crippen molar-refractivity contribution in [3.05, 3.63) is 35.9 Å². The lowest BCUT2D eigenvalue weighted by Crippen LogP contribution is -2.46. The summed E-state index contributed by atoms with van der Waals surface area (Å²) in [5.41, 5.74) is 1.02. The molecule has 1 rings (SSSR count). The third kappa shape index (κ3) is 4.22. The summed E-state index contributed by atoms with van der Waals surface area (Å²) < 4.78 is 0. The van der Waals surface area contributed by atoms with Gasteiger partial charge in [0, 0.05) is 12.1 Å². The monoisotopic (exact) mass is 345 g/mol. The van der Waals surface area contributed by atoms with Gasteiger partial charge >= 0.3 is 0 Å². The largest absolute Gasteiger partial charge is 0.337 e. The first kappa shape index (κ1) is 16.5. The summed E-state index contributed by atoms with van der Waals surface area (Å²) in [4.78, 5) is 14.2. The van der Waals surface area contributed by atoms with Gasteiger partial charge in [-0.15, -0.1) is 11.6 Å². The second kappa shape index (κ2) is 7.30. The Morgan fingerprint density at radius 3 is 2.00 bits per heavy atom. The topological polar surface area (TPSA) is 20.3 Å². The molecular formula is C15H21BrClNO. The molecule has 0 aliphatic carbocycles. The quantitative estimate of drug-likeness (QED) is 0.725. The molecule has 2 nitrogen and oxygen atoms in total. The van der Waals surface area contributed by atoms with Gasteiger partial charge in [-0.25, -0.2) is 0 Å². The molecule has 2 atom stereocenters. The molecule has 0 saturated heterocycles. The summed E-state index contributed by atoms with van der Waals surface area (Å²) in [5.74, 6) is -0.0302. The van der Waals surface area contributed by atoms with Crippen molar-refractivity contribution in [2.24, 2.45) is 0 Å². The second-order valence-electron chi connectivity index (χ2n) is 5.15. The Kier molecular flexibility index (Phi) is 6.34. The Labute approximate surface area is 129 Å². The molecule has 0 aromatic heterocycles. The average Bonchev–Trinajstić information content (AvgIpc) is 2.37.